The number of pyridine rings is 2. The molecular weight excluding hydrogens is 252 g/mol. The van der Waals surface area contributed by atoms with Gasteiger partial charge in [0.25, 0.3) is 0 Å². The Bertz CT molecular complexity index is 813. The number of methoxy groups -OCH3 is 2. The molecule has 102 valence electrons. The molecule has 3 rings (SSSR count). The highest BCUT2D eigenvalue weighted by Crippen LogP contribution is 2.38. The molecule has 0 unspecified atom stereocenters. The van der Waals surface area contributed by atoms with Crippen molar-refractivity contribution in [1.82, 2.24) is 9.97 Å². The van der Waals surface area contributed by atoms with Gasteiger partial charge < -0.3 is 9.47 Å². The molecule has 0 radical (unpaired) electrons. The van der Waals surface area contributed by atoms with Gasteiger partial charge in [-0.25, -0.2) is 0 Å². The summed E-state index contributed by atoms with van der Waals surface area (Å²) in [5.41, 5.74) is 2.77. The Morgan fingerprint density at radius 3 is 2.35 bits per heavy atom. The van der Waals surface area contributed by atoms with Gasteiger partial charge in [-0.05, 0) is 26.0 Å². The summed E-state index contributed by atoms with van der Waals surface area (Å²) < 4.78 is 11.0. The lowest BCUT2D eigenvalue weighted by Gasteiger charge is -2.13. The van der Waals surface area contributed by atoms with E-state index in [1.165, 1.54) is 0 Å². The number of hydrogen-bond donors (Lipinski definition) is 0. The van der Waals surface area contributed by atoms with Gasteiger partial charge in [0, 0.05) is 34.4 Å². The van der Waals surface area contributed by atoms with Crippen LogP contribution in [0.1, 0.15) is 11.4 Å². The van der Waals surface area contributed by atoms with Crippen molar-refractivity contribution in [2.45, 2.75) is 13.8 Å². The van der Waals surface area contributed by atoms with E-state index in [2.05, 4.69) is 9.97 Å². The van der Waals surface area contributed by atoms with Crippen LogP contribution in [0.3, 0.4) is 0 Å². The van der Waals surface area contributed by atoms with E-state index in [9.17, 15) is 0 Å². The van der Waals surface area contributed by atoms with Crippen molar-refractivity contribution in [1.29, 1.82) is 0 Å². The van der Waals surface area contributed by atoms with E-state index in [1.807, 2.05) is 32.0 Å². The first-order valence-electron chi connectivity index (χ1n) is 6.43. The van der Waals surface area contributed by atoms with Gasteiger partial charge in [0.1, 0.15) is 11.5 Å². The molecule has 0 saturated carbocycles. The van der Waals surface area contributed by atoms with Gasteiger partial charge in [0.2, 0.25) is 0 Å². The second-order valence-corrected chi connectivity index (χ2v) is 4.76. The van der Waals surface area contributed by atoms with Crippen molar-refractivity contribution >= 4 is 21.7 Å². The van der Waals surface area contributed by atoms with Crippen molar-refractivity contribution in [2.75, 3.05) is 14.2 Å². The summed E-state index contributed by atoms with van der Waals surface area (Å²) in [7, 11) is 3.32. The molecule has 0 aliphatic carbocycles. The molecule has 2 aromatic heterocycles. The average molecular weight is 268 g/mol. The number of rotatable bonds is 2. The Morgan fingerprint density at radius 2 is 1.65 bits per heavy atom. The normalized spacial score (nSPS) is 11.0. The molecule has 4 nitrogen and oxygen atoms in total. The van der Waals surface area contributed by atoms with Crippen LogP contribution in [0, 0.1) is 13.8 Å². The summed E-state index contributed by atoms with van der Waals surface area (Å²) in [4.78, 5) is 9.01. The fourth-order valence-corrected chi connectivity index (χ4v) is 2.57. The number of hydrogen-bond acceptors (Lipinski definition) is 4. The van der Waals surface area contributed by atoms with E-state index in [1.54, 1.807) is 20.4 Å². The standard InChI is InChI=1S/C16H16N2O2/c1-9-7-13(19-3)15-14(20-4)8-12-10(2)17-6-5-11(12)16(15)18-9/h5-8H,1-4H3. The Labute approximate surface area is 117 Å². The average Bonchev–Trinajstić information content (AvgIpc) is 2.46. The minimum Gasteiger partial charge on any atom is -0.496 e. The molecule has 0 N–H and O–H groups in total. The largest absolute Gasteiger partial charge is 0.496 e. The van der Waals surface area contributed by atoms with Gasteiger partial charge >= 0.3 is 0 Å². The number of ether oxygens (including phenoxy) is 2. The van der Waals surface area contributed by atoms with Crippen LogP contribution in [-0.2, 0) is 0 Å². The maximum absolute atomic E-state index is 5.53. The molecule has 1 aromatic carbocycles. The molecule has 0 amide bonds. The Balaban J connectivity index is 2.60. The van der Waals surface area contributed by atoms with Crippen LogP contribution in [0.4, 0.5) is 0 Å². The zero-order valence-electron chi connectivity index (χ0n) is 12.0. The molecule has 0 bridgehead atoms. The summed E-state index contributed by atoms with van der Waals surface area (Å²) in [5.74, 6) is 1.54. The van der Waals surface area contributed by atoms with Gasteiger partial charge in [-0.15, -0.1) is 0 Å². The number of benzene rings is 1. The molecule has 0 spiro atoms. The van der Waals surface area contributed by atoms with Crippen molar-refractivity contribution in [3.05, 3.63) is 35.8 Å². The van der Waals surface area contributed by atoms with Crippen LogP contribution in [0.15, 0.2) is 24.4 Å². The summed E-state index contributed by atoms with van der Waals surface area (Å²) in [6, 6.07) is 5.90. The molecule has 0 aliphatic rings. The van der Waals surface area contributed by atoms with E-state index in [4.69, 9.17) is 9.47 Å². The van der Waals surface area contributed by atoms with E-state index >= 15 is 0 Å². The van der Waals surface area contributed by atoms with Gasteiger partial charge in [0.05, 0.1) is 25.1 Å². The molecule has 0 fully saturated rings. The summed E-state index contributed by atoms with van der Waals surface area (Å²) in [6.45, 7) is 3.95. The topological polar surface area (TPSA) is 44.2 Å². The van der Waals surface area contributed by atoms with Gasteiger partial charge in [-0.1, -0.05) is 0 Å². The van der Waals surface area contributed by atoms with Crippen LogP contribution in [0.25, 0.3) is 21.7 Å². The van der Waals surface area contributed by atoms with Crippen LogP contribution < -0.4 is 9.47 Å². The van der Waals surface area contributed by atoms with Crippen molar-refractivity contribution in [3.63, 3.8) is 0 Å². The van der Waals surface area contributed by atoms with Gasteiger partial charge in [0.15, 0.2) is 0 Å². The minimum atomic E-state index is 0.757. The zero-order valence-corrected chi connectivity index (χ0v) is 12.0. The number of nitrogens with zero attached hydrogens (tertiary/aromatic N) is 2. The third-order valence-electron chi connectivity index (χ3n) is 3.52. The molecule has 20 heavy (non-hydrogen) atoms. The predicted molar refractivity (Wildman–Crippen MR) is 79.6 cm³/mol. The highest BCUT2D eigenvalue weighted by molar-refractivity contribution is 6.10. The Kier molecular flexibility index (Phi) is 2.93. The van der Waals surface area contributed by atoms with Crippen molar-refractivity contribution in [3.8, 4) is 11.5 Å². The number of aryl methyl sites for hydroxylation is 2. The Morgan fingerprint density at radius 1 is 0.950 bits per heavy atom. The summed E-state index contributed by atoms with van der Waals surface area (Å²) >= 11 is 0. The number of fused-ring (bicyclic) bond motifs is 3. The maximum Gasteiger partial charge on any atom is 0.133 e. The van der Waals surface area contributed by atoms with Crippen LogP contribution in [0.2, 0.25) is 0 Å². The molecule has 0 atom stereocenters. The SMILES string of the molecule is COc1cc(C)nc2c1c(OC)cc1c(C)nccc12. The summed E-state index contributed by atoms with van der Waals surface area (Å²) in [6.07, 6.45) is 1.81. The first kappa shape index (κ1) is 12.7. The highest BCUT2D eigenvalue weighted by Gasteiger charge is 2.15. The van der Waals surface area contributed by atoms with E-state index < -0.39 is 0 Å². The third-order valence-corrected chi connectivity index (χ3v) is 3.52. The van der Waals surface area contributed by atoms with E-state index in [0.717, 1.165) is 44.6 Å². The lowest BCUT2D eigenvalue weighted by Crippen LogP contribution is -1.96. The second kappa shape index (κ2) is 4.63. The third kappa shape index (κ3) is 1.76. The monoisotopic (exact) mass is 268 g/mol. The lowest BCUT2D eigenvalue weighted by atomic mass is 10.0. The first-order valence-corrected chi connectivity index (χ1v) is 6.43. The predicted octanol–water partition coefficient (Wildman–Crippen LogP) is 3.42. The second-order valence-electron chi connectivity index (χ2n) is 4.76. The van der Waals surface area contributed by atoms with Gasteiger partial charge in [-0.3, -0.25) is 9.97 Å². The van der Waals surface area contributed by atoms with Crippen molar-refractivity contribution in [2.24, 2.45) is 0 Å². The van der Waals surface area contributed by atoms with Crippen LogP contribution >= 0.6 is 0 Å². The summed E-state index contributed by atoms with van der Waals surface area (Å²) in [5, 5.41) is 3.02. The maximum atomic E-state index is 5.53. The molecule has 0 aliphatic heterocycles. The van der Waals surface area contributed by atoms with Gasteiger partial charge in [-0.2, -0.15) is 0 Å². The zero-order chi connectivity index (χ0) is 14.3. The number of aromatic nitrogens is 2. The molecule has 0 saturated heterocycles. The quantitative estimate of drug-likeness (QED) is 0.668. The van der Waals surface area contributed by atoms with Crippen LogP contribution in [0.5, 0.6) is 11.5 Å². The lowest BCUT2D eigenvalue weighted by molar-refractivity contribution is 0.405. The smallest absolute Gasteiger partial charge is 0.133 e. The molecule has 4 heteroatoms. The van der Waals surface area contributed by atoms with Crippen LogP contribution in [-0.4, -0.2) is 24.2 Å². The van der Waals surface area contributed by atoms with Crippen molar-refractivity contribution < 1.29 is 9.47 Å². The molecule has 3 aromatic rings. The highest BCUT2D eigenvalue weighted by atomic mass is 16.5. The fourth-order valence-electron chi connectivity index (χ4n) is 2.57. The van der Waals surface area contributed by atoms with E-state index in [-0.39, 0.29) is 0 Å². The Hall–Kier alpha value is -2.36. The van der Waals surface area contributed by atoms with E-state index in [0.29, 0.717) is 0 Å². The first-order chi connectivity index (χ1) is 9.65. The molecular formula is C16H16N2O2. The fraction of sp³-hybridized carbons (Fsp3) is 0.250. The molecule has 2 heterocycles. The minimum absolute atomic E-state index is 0.757.